The first-order valence-electron chi connectivity index (χ1n) is 23.1. The van der Waals surface area contributed by atoms with Gasteiger partial charge in [-0.05, 0) is 142 Å². The van der Waals surface area contributed by atoms with Gasteiger partial charge in [0.25, 0.3) is 0 Å². The Kier molecular flexibility index (Phi) is 9.41. The second-order valence-corrected chi connectivity index (χ2v) is 17.8. The molecule has 64 heavy (non-hydrogen) atoms. The van der Waals surface area contributed by atoms with Crippen LogP contribution in [0.2, 0.25) is 0 Å². The molecule has 7 aromatic rings. The summed E-state index contributed by atoms with van der Waals surface area (Å²) >= 11 is 0. The van der Waals surface area contributed by atoms with Gasteiger partial charge in [-0.3, -0.25) is 0 Å². The van der Waals surface area contributed by atoms with Crippen LogP contribution >= 0.6 is 0 Å². The fourth-order valence-electron chi connectivity index (χ4n) is 11.8. The van der Waals surface area contributed by atoms with Crippen molar-refractivity contribution < 1.29 is 0 Å². The number of anilines is 4. The summed E-state index contributed by atoms with van der Waals surface area (Å²) in [5, 5.41) is 0. The molecule has 0 N–H and O–H groups in total. The molecule has 0 amide bonds. The van der Waals surface area contributed by atoms with E-state index in [1.165, 1.54) is 95.3 Å². The van der Waals surface area contributed by atoms with Crippen molar-refractivity contribution in [2.45, 2.75) is 44.4 Å². The molecule has 0 saturated heterocycles. The maximum absolute atomic E-state index is 2.64. The third-order valence-electron chi connectivity index (χ3n) is 14.3. The van der Waals surface area contributed by atoms with E-state index in [1.807, 2.05) is 0 Å². The average molecular weight is 823 g/mol. The minimum atomic E-state index is -0.432. The molecule has 1 spiro atoms. The third kappa shape index (κ3) is 5.93. The molecule has 0 aliphatic heterocycles. The van der Waals surface area contributed by atoms with E-state index in [2.05, 4.69) is 235 Å². The van der Waals surface area contributed by atoms with Gasteiger partial charge in [0, 0.05) is 33.9 Å². The van der Waals surface area contributed by atoms with Crippen LogP contribution < -0.4 is 9.80 Å². The molecule has 0 radical (unpaired) electrons. The fourth-order valence-corrected chi connectivity index (χ4v) is 11.8. The molecular formula is C62H50N2. The zero-order valence-electron chi connectivity index (χ0n) is 36.3. The molecule has 0 bridgehead atoms. The number of fused-ring (bicyclic) bond motifs is 8. The SMILES string of the molecule is CC1CC=CC(N(C2=CC3=C(CC2)c2ccccc2C32C3=C(C=CCC3)c3c(N(c4ccccc4)c4ccccc4-c4ccccc4)cccc32)c2ccccc2)=C1c1ccccc1. The smallest absolute Gasteiger partial charge is 0.0686 e. The lowest BCUT2D eigenvalue weighted by Crippen LogP contribution is -2.31. The summed E-state index contributed by atoms with van der Waals surface area (Å²) in [5.74, 6) is 0.385. The summed E-state index contributed by atoms with van der Waals surface area (Å²) in [5.41, 5.74) is 23.4. The normalized spacial score (nSPS) is 19.3. The van der Waals surface area contributed by atoms with Crippen LogP contribution in [0, 0.1) is 5.92 Å². The number of para-hydroxylation sites is 3. The molecule has 308 valence electrons. The number of rotatable bonds is 8. The van der Waals surface area contributed by atoms with Crippen molar-refractivity contribution in [3.05, 3.63) is 269 Å². The second-order valence-electron chi connectivity index (χ2n) is 17.8. The van der Waals surface area contributed by atoms with E-state index in [0.29, 0.717) is 5.92 Å². The second kappa shape index (κ2) is 15.7. The van der Waals surface area contributed by atoms with Crippen LogP contribution in [0.4, 0.5) is 22.7 Å². The summed E-state index contributed by atoms with van der Waals surface area (Å²) in [6, 6.07) is 69.5. The Labute approximate surface area is 377 Å². The Morgan fingerprint density at radius 1 is 0.500 bits per heavy atom. The first kappa shape index (κ1) is 38.3. The largest absolute Gasteiger partial charge is 0.314 e. The van der Waals surface area contributed by atoms with Crippen molar-refractivity contribution in [1.29, 1.82) is 0 Å². The van der Waals surface area contributed by atoms with Gasteiger partial charge in [-0.25, -0.2) is 0 Å². The quantitative estimate of drug-likeness (QED) is 0.151. The first-order valence-corrected chi connectivity index (χ1v) is 23.1. The lowest BCUT2D eigenvalue weighted by molar-refractivity contribution is 0.701. The number of benzene rings is 7. The highest BCUT2D eigenvalue weighted by atomic mass is 15.2. The summed E-state index contributed by atoms with van der Waals surface area (Å²) in [6.07, 6.45) is 17.3. The van der Waals surface area contributed by atoms with Crippen molar-refractivity contribution in [1.82, 2.24) is 0 Å². The Bertz CT molecular complexity index is 3130. The van der Waals surface area contributed by atoms with Crippen LogP contribution in [-0.4, -0.2) is 0 Å². The highest BCUT2D eigenvalue weighted by molar-refractivity contribution is 6.03. The molecule has 5 aliphatic rings. The molecule has 2 atom stereocenters. The van der Waals surface area contributed by atoms with Gasteiger partial charge in [-0.1, -0.05) is 177 Å². The van der Waals surface area contributed by atoms with Crippen molar-refractivity contribution in [3.8, 4) is 11.1 Å². The van der Waals surface area contributed by atoms with Gasteiger partial charge in [0.2, 0.25) is 0 Å². The summed E-state index contributed by atoms with van der Waals surface area (Å²) in [6.45, 7) is 2.39. The summed E-state index contributed by atoms with van der Waals surface area (Å²) in [7, 11) is 0. The highest BCUT2D eigenvalue weighted by Crippen LogP contribution is 2.66. The maximum Gasteiger partial charge on any atom is 0.0686 e. The predicted molar refractivity (Wildman–Crippen MR) is 269 cm³/mol. The number of hydrogen-bond acceptors (Lipinski definition) is 2. The fraction of sp³-hybridized carbons (Fsp3) is 0.129. The topological polar surface area (TPSA) is 6.48 Å². The third-order valence-corrected chi connectivity index (χ3v) is 14.3. The molecule has 5 aliphatic carbocycles. The Morgan fingerprint density at radius 3 is 1.86 bits per heavy atom. The van der Waals surface area contributed by atoms with E-state index in [9.17, 15) is 0 Å². The molecule has 12 rings (SSSR count). The van der Waals surface area contributed by atoms with Gasteiger partial charge in [0.05, 0.1) is 16.8 Å². The molecule has 7 aromatic carbocycles. The molecule has 0 heterocycles. The number of nitrogens with zero attached hydrogens (tertiary/aromatic N) is 2. The molecule has 0 fully saturated rings. The monoisotopic (exact) mass is 822 g/mol. The van der Waals surface area contributed by atoms with Crippen molar-refractivity contribution in [3.63, 3.8) is 0 Å². The molecule has 0 aromatic heterocycles. The predicted octanol–water partition coefficient (Wildman–Crippen LogP) is 16.2. The molecule has 0 saturated carbocycles. The lowest BCUT2D eigenvalue weighted by Gasteiger charge is -2.39. The summed E-state index contributed by atoms with van der Waals surface area (Å²) < 4.78 is 0. The number of hydrogen-bond donors (Lipinski definition) is 0. The lowest BCUT2D eigenvalue weighted by atomic mass is 9.66. The van der Waals surface area contributed by atoms with Crippen LogP contribution in [0.5, 0.6) is 0 Å². The van der Waals surface area contributed by atoms with Crippen LogP contribution in [0.15, 0.2) is 241 Å². The summed E-state index contributed by atoms with van der Waals surface area (Å²) in [4.78, 5) is 5.13. The van der Waals surface area contributed by atoms with Crippen molar-refractivity contribution in [2.24, 2.45) is 5.92 Å². The van der Waals surface area contributed by atoms with E-state index in [-0.39, 0.29) is 0 Å². The minimum Gasteiger partial charge on any atom is -0.314 e. The van der Waals surface area contributed by atoms with E-state index in [0.717, 1.165) is 37.8 Å². The molecule has 2 nitrogen and oxygen atoms in total. The Balaban J connectivity index is 1.12. The highest BCUT2D eigenvalue weighted by Gasteiger charge is 2.54. The van der Waals surface area contributed by atoms with Crippen LogP contribution in [0.25, 0.3) is 27.8 Å². The average Bonchev–Trinajstić information content (AvgIpc) is 3.83. The molecule has 2 heteroatoms. The Morgan fingerprint density at radius 2 is 1.11 bits per heavy atom. The van der Waals surface area contributed by atoms with Crippen molar-refractivity contribution >= 4 is 39.5 Å². The molecular weight excluding hydrogens is 773 g/mol. The Hall–Kier alpha value is -7.42. The van der Waals surface area contributed by atoms with Gasteiger partial charge >= 0.3 is 0 Å². The van der Waals surface area contributed by atoms with E-state index in [4.69, 9.17) is 0 Å². The standard InChI is InChI=1S/C62H50N2/c1-43-22-20-38-58(60(43)45-25-8-3-9-26-45)63(46-27-10-4-11-28-46)48-40-41-51-50-32-14-17-34-53(50)62(56(51)42-48)54-35-18-15-33-52(54)61-55(62)36-21-39-59(61)64(47-29-12-5-13-30-47)57-37-19-16-31-49(57)44-23-6-2-7-24-44/h2-17,19-21,23-34,36-39,42-43H,18,22,35,40-41H2,1H3. The maximum atomic E-state index is 2.64. The van der Waals surface area contributed by atoms with Gasteiger partial charge in [-0.15, -0.1) is 0 Å². The number of allylic oxidation sites excluding steroid dienone is 11. The van der Waals surface area contributed by atoms with E-state index < -0.39 is 5.41 Å². The van der Waals surface area contributed by atoms with Gasteiger partial charge in [-0.2, -0.15) is 0 Å². The van der Waals surface area contributed by atoms with Crippen LogP contribution in [0.1, 0.15) is 66.8 Å². The van der Waals surface area contributed by atoms with Gasteiger partial charge in [0.1, 0.15) is 0 Å². The first-order chi connectivity index (χ1) is 31.7. The van der Waals surface area contributed by atoms with Gasteiger partial charge in [0.15, 0.2) is 0 Å². The minimum absolute atomic E-state index is 0.385. The van der Waals surface area contributed by atoms with E-state index in [1.54, 1.807) is 0 Å². The molecule has 2 unspecified atom stereocenters. The van der Waals surface area contributed by atoms with Crippen molar-refractivity contribution in [2.75, 3.05) is 9.80 Å². The van der Waals surface area contributed by atoms with E-state index >= 15 is 0 Å². The van der Waals surface area contributed by atoms with Gasteiger partial charge < -0.3 is 9.80 Å². The van der Waals surface area contributed by atoms with Crippen LogP contribution in [0.3, 0.4) is 0 Å². The van der Waals surface area contributed by atoms with Crippen LogP contribution in [-0.2, 0) is 5.41 Å². The zero-order valence-corrected chi connectivity index (χ0v) is 36.3. The zero-order chi connectivity index (χ0) is 42.6.